The third kappa shape index (κ3) is 3.85. The highest BCUT2D eigenvalue weighted by molar-refractivity contribution is 7.99. The van der Waals surface area contributed by atoms with Crippen LogP contribution in [0.5, 0.6) is 11.5 Å². The van der Waals surface area contributed by atoms with Crippen LogP contribution in [-0.4, -0.2) is 57.5 Å². The van der Waals surface area contributed by atoms with E-state index in [1.165, 1.54) is 11.8 Å². The molecule has 1 atom stereocenters. The summed E-state index contributed by atoms with van der Waals surface area (Å²) in [6.45, 7) is 1.55. The first kappa shape index (κ1) is 18.2. The van der Waals surface area contributed by atoms with Crippen LogP contribution in [-0.2, 0) is 9.53 Å². The molecule has 10 heteroatoms. The van der Waals surface area contributed by atoms with Gasteiger partial charge in [-0.05, 0) is 43.2 Å². The SMILES string of the molecule is O=C(CSc1nnc2ccc(-c3ccc4c(c3)OCO4)nn12)NCC1CCCO1. The van der Waals surface area contributed by atoms with Gasteiger partial charge in [0.05, 0.1) is 17.6 Å². The van der Waals surface area contributed by atoms with E-state index >= 15 is 0 Å². The summed E-state index contributed by atoms with van der Waals surface area (Å²) in [7, 11) is 0. The molecule has 2 aromatic heterocycles. The Hall–Kier alpha value is -2.85. The zero-order valence-electron chi connectivity index (χ0n) is 15.5. The molecule has 0 spiro atoms. The van der Waals surface area contributed by atoms with E-state index < -0.39 is 0 Å². The van der Waals surface area contributed by atoms with Gasteiger partial charge in [0.25, 0.3) is 0 Å². The molecule has 1 unspecified atom stereocenters. The van der Waals surface area contributed by atoms with Gasteiger partial charge >= 0.3 is 0 Å². The van der Waals surface area contributed by atoms with E-state index in [0.717, 1.165) is 36.5 Å². The maximum atomic E-state index is 12.1. The zero-order valence-corrected chi connectivity index (χ0v) is 16.4. The number of amides is 1. The van der Waals surface area contributed by atoms with Crippen LogP contribution in [0.3, 0.4) is 0 Å². The van der Waals surface area contributed by atoms with Crippen molar-refractivity contribution in [2.24, 2.45) is 0 Å². The first-order valence-electron chi connectivity index (χ1n) is 9.40. The van der Waals surface area contributed by atoms with E-state index in [2.05, 4.69) is 20.6 Å². The Morgan fingerprint density at radius 3 is 3.03 bits per heavy atom. The first-order chi connectivity index (χ1) is 14.3. The molecule has 0 aliphatic carbocycles. The summed E-state index contributed by atoms with van der Waals surface area (Å²) in [6.07, 6.45) is 2.18. The molecule has 1 saturated heterocycles. The monoisotopic (exact) mass is 413 g/mol. The number of carbonyl (C=O) groups is 1. The standard InChI is InChI=1S/C19H19N5O4S/c25-18(20-9-13-2-1-7-26-13)10-29-19-22-21-17-6-4-14(23-24(17)19)12-3-5-15-16(8-12)28-11-27-15/h3-6,8,13H,1-2,7,9-11H2,(H,20,25). The molecule has 1 amide bonds. The molecule has 2 aliphatic rings. The van der Waals surface area contributed by atoms with Crippen molar-refractivity contribution in [3.63, 3.8) is 0 Å². The van der Waals surface area contributed by atoms with Gasteiger partial charge in [-0.3, -0.25) is 4.79 Å². The van der Waals surface area contributed by atoms with Crippen molar-refractivity contribution in [1.29, 1.82) is 0 Å². The minimum absolute atomic E-state index is 0.0609. The molecule has 29 heavy (non-hydrogen) atoms. The molecule has 150 valence electrons. The van der Waals surface area contributed by atoms with Gasteiger partial charge in [0.15, 0.2) is 17.1 Å². The van der Waals surface area contributed by atoms with Crippen molar-refractivity contribution < 1.29 is 19.0 Å². The van der Waals surface area contributed by atoms with Gasteiger partial charge in [0.2, 0.25) is 17.9 Å². The summed E-state index contributed by atoms with van der Waals surface area (Å²) >= 11 is 1.30. The minimum Gasteiger partial charge on any atom is -0.454 e. The van der Waals surface area contributed by atoms with E-state index in [9.17, 15) is 4.79 Å². The maximum Gasteiger partial charge on any atom is 0.231 e. The molecule has 9 nitrogen and oxygen atoms in total. The van der Waals surface area contributed by atoms with Gasteiger partial charge in [-0.2, -0.15) is 9.61 Å². The summed E-state index contributed by atoms with van der Waals surface area (Å²) in [5.74, 6) is 1.60. The fourth-order valence-corrected chi connectivity index (χ4v) is 4.00. The summed E-state index contributed by atoms with van der Waals surface area (Å²) in [5.41, 5.74) is 2.27. The number of carbonyl (C=O) groups excluding carboxylic acids is 1. The highest BCUT2D eigenvalue weighted by Gasteiger charge is 2.18. The predicted octanol–water partition coefficient (Wildman–Crippen LogP) is 1.91. The molecule has 5 rings (SSSR count). The average Bonchev–Trinajstić information content (AvgIpc) is 3.50. The van der Waals surface area contributed by atoms with Crippen LogP contribution in [0.15, 0.2) is 35.5 Å². The van der Waals surface area contributed by atoms with Crippen molar-refractivity contribution in [2.75, 3.05) is 25.7 Å². The molecular weight excluding hydrogens is 394 g/mol. The molecule has 0 saturated carbocycles. The number of nitrogens with zero attached hydrogens (tertiary/aromatic N) is 4. The number of nitrogens with one attached hydrogen (secondary N) is 1. The molecule has 4 heterocycles. The zero-order chi connectivity index (χ0) is 19.6. The van der Waals surface area contributed by atoms with Crippen molar-refractivity contribution in [3.8, 4) is 22.8 Å². The Labute approximate surface area is 170 Å². The predicted molar refractivity (Wildman–Crippen MR) is 105 cm³/mol. The number of fused-ring (bicyclic) bond motifs is 2. The van der Waals surface area contributed by atoms with Crippen LogP contribution >= 0.6 is 11.8 Å². The van der Waals surface area contributed by atoms with E-state index in [1.54, 1.807) is 4.52 Å². The Bertz CT molecular complexity index is 1050. The number of thioether (sulfide) groups is 1. The minimum atomic E-state index is -0.0609. The molecule has 0 bridgehead atoms. The van der Waals surface area contributed by atoms with Crippen molar-refractivity contribution in [2.45, 2.75) is 24.1 Å². The number of ether oxygens (including phenoxy) is 3. The number of benzene rings is 1. The lowest BCUT2D eigenvalue weighted by atomic mass is 10.1. The maximum absolute atomic E-state index is 12.1. The van der Waals surface area contributed by atoms with Gasteiger partial charge in [0, 0.05) is 18.7 Å². The third-order valence-corrected chi connectivity index (χ3v) is 5.71. The van der Waals surface area contributed by atoms with Crippen LogP contribution in [0.25, 0.3) is 16.9 Å². The summed E-state index contributed by atoms with van der Waals surface area (Å²) in [6, 6.07) is 9.42. The fourth-order valence-electron chi connectivity index (χ4n) is 3.28. The molecule has 0 radical (unpaired) electrons. The van der Waals surface area contributed by atoms with Crippen LogP contribution in [0, 0.1) is 0 Å². The largest absolute Gasteiger partial charge is 0.454 e. The lowest BCUT2D eigenvalue weighted by Gasteiger charge is -2.10. The highest BCUT2D eigenvalue weighted by Crippen LogP contribution is 2.35. The number of hydrogen-bond donors (Lipinski definition) is 1. The van der Waals surface area contributed by atoms with Crippen molar-refractivity contribution in [1.82, 2.24) is 25.1 Å². The van der Waals surface area contributed by atoms with Gasteiger partial charge in [-0.15, -0.1) is 10.2 Å². The third-order valence-electron chi connectivity index (χ3n) is 4.79. The molecule has 3 aromatic rings. The van der Waals surface area contributed by atoms with Gasteiger partial charge in [0.1, 0.15) is 0 Å². The van der Waals surface area contributed by atoms with Crippen molar-refractivity contribution in [3.05, 3.63) is 30.3 Å². The van der Waals surface area contributed by atoms with Gasteiger partial charge in [-0.1, -0.05) is 11.8 Å². The Morgan fingerprint density at radius 2 is 2.14 bits per heavy atom. The first-order valence-corrected chi connectivity index (χ1v) is 10.4. The normalized spacial score (nSPS) is 17.7. The number of aromatic nitrogens is 4. The quantitative estimate of drug-likeness (QED) is 0.612. The molecular formula is C19H19N5O4S. The Balaban J connectivity index is 1.28. The smallest absolute Gasteiger partial charge is 0.231 e. The fraction of sp³-hybridized carbons (Fsp3) is 0.368. The van der Waals surface area contributed by atoms with Crippen LogP contribution in [0.2, 0.25) is 0 Å². The van der Waals surface area contributed by atoms with E-state index in [1.807, 2.05) is 30.3 Å². The van der Waals surface area contributed by atoms with Crippen LogP contribution < -0.4 is 14.8 Å². The van der Waals surface area contributed by atoms with Crippen LogP contribution in [0.1, 0.15) is 12.8 Å². The summed E-state index contributed by atoms with van der Waals surface area (Å²) in [5, 5.41) is 16.4. The van der Waals surface area contributed by atoms with Crippen LogP contribution in [0.4, 0.5) is 0 Å². The van der Waals surface area contributed by atoms with Gasteiger partial charge < -0.3 is 19.5 Å². The second kappa shape index (κ2) is 7.88. The van der Waals surface area contributed by atoms with Crippen molar-refractivity contribution >= 4 is 23.3 Å². The van der Waals surface area contributed by atoms with E-state index in [-0.39, 0.29) is 24.6 Å². The Morgan fingerprint density at radius 1 is 1.21 bits per heavy atom. The molecule has 1 N–H and O–H groups in total. The van der Waals surface area contributed by atoms with E-state index in [0.29, 0.717) is 23.1 Å². The lowest BCUT2D eigenvalue weighted by Crippen LogP contribution is -2.32. The molecule has 1 aromatic carbocycles. The van der Waals surface area contributed by atoms with E-state index in [4.69, 9.17) is 14.2 Å². The number of rotatable bonds is 6. The summed E-state index contributed by atoms with van der Waals surface area (Å²) in [4.78, 5) is 12.1. The molecule has 2 aliphatic heterocycles. The average molecular weight is 413 g/mol. The summed E-state index contributed by atoms with van der Waals surface area (Å²) < 4.78 is 18.0. The number of hydrogen-bond acceptors (Lipinski definition) is 8. The Kier molecular flexibility index (Phi) is 4.94. The lowest BCUT2D eigenvalue weighted by molar-refractivity contribution is -0.119. The second-order valence-electron chi connectivity index (χ2n) is 6.77. The second-order valence-corrected chi connectivity index (χ2v) is 7.71. The topological polar surface area (TPSA) is 99.9 Å². The van der Waals surface area contributed by atoms with Gasteiger partial charge in [-0.25, -0.2) is 0 Å². The highest BCUT2D eigenvalue weighted by atomic mass is 32.2. The molecule has 1 fully saturated rings.